The number of nitrogens with zero attached hydrogens (tertiary/aromatic N) is 3. The van der Waals surface area contributed by atoms with Crippen molar-refractivity contribution in [1.29, 1.82) is 0 Å². The highest BCUT2D eigenvalue weighted by atomic mass is 16.5. The van der Waals surface area contributed by atoms with Gasteiger partial charge in [-0.1, -0.05) is 91.9 Å². The number of rotatable bonds is 6. The number of hydrazone groups is 1. The van der Waals surface area contributed by atoms with Crippen LogP contribution in [0.4, 0.5) is 0 Å². The van der Waals surface area contributed by atoms with E-state index in [-0.39, 0.29) is 11.9 Å². The quantitative estimate of drug-likeness (QED) is 0.228. The van der Waals surface area contributed by atoms with Crippen molar-refractivity contribution in [2.45, 2.75) is 32.7 Å². The van der Waals surface area contributed by atoms with E-state index in [0.29, 0.717) is 18.4 Å². The van der Waals surface area contributed by atoms with Gasteiger partial charge in [0, 0.05) is 17.5 Å². The number of hydrogen-bond acceptors (Lipinski definition) is 5. The maximum atomic E-state index is 13.6. The van der Waals surface area contributed by atoms with E-state index in [4.69, 9.17) is 14.8 Å². The monoisotopic (exact) mass is 527 g/mol. The Morgan fingerprint density at radius 1 is 0.900 bits per heavy atom. The van der Waals surface area contributed by atoms with E-state index in [1.807, 2.05) is 86.6 Å². The smallest absolute Gasteiger partial charge is 0.339 e. The zero-order chi connectivity index (χ0) is 27.6. The predicted octanol–water partition coefficient (Wildman–Crippen LogP) is 6.79. The van der Waals surface area contributed by atoms with Crippen LogP contribution in [0.15, 0.2) is 102 Å². The molecule has 6 nitrogen and oxygen atoms in total. The van der Waals surface area contributed by atoms with Crippen LogP contribution in [-0.2, 0) is 16.0 Å². The second-order valence-electron chi connectivity index (χ2n) is 9.98. The zero-order valence-electron chi connectivity index (χ0n) is 22.5. The van der Waals surface area contributed by atoms with Crippen LogP contribution in [0.5, 0.6) is 0 Å². The number of para-hydroxylation sites is 1. The lowest BCUT2D eigenvalue weighted by molar-refractivity contribution is -0.136. The van der Waals surface area contributed by atoms with Gasteiger partial charge in [0.1, 0.15) is 0 Å². The summed E-state index contributed by atoms with van der Waals surface area (Å²) in [6.07, 6.45) is 1.25. The third kappa shape index (κ3) is 4.73. The minimum atomic E-state index is -0.534. The van der Waals surface area contributed by atoms with Crippen LogP contribution in [0.25, 0.3) is 21.7 Å². The number of carbonyl (C=O) groups excluding carboxylic acids is 2. The number of hydrogen-bond donors (Lipinski definition) is 0. The molecule has 1 unspecified atom stereocenters. The standard InChI is InChI=1S/C34H29N3O3/c1-3-28-22(2)33(27-15-9-10-16-29(27)35-28)34(39)40-21-32(38)37-31(24-12-5-4-6-13-24)20-30(36-37)26-18-17-23-11-7-8-14-25(23)19-26/h4-19,31H,3,20-21H2,1-2H3. The molecule has 0 N–H and O–H groups in total. The first kappa shape index (κ1) is 25.4. The molecule has 0 saturated heterocycles. The van der Waals surface area contributed by atoms with E-state index in [1.165, 1.54) is 5.01 Å². The van der Waals surface area contributed by atoms with Crippen molar-refractivity contribution in [3.63, 3.8) is 0 Å². The molecular weight excluding hydrogens is 498 g/mol. The summed E-state index contributed by atoms with van der Waals surface area (Å²) in [5.74, 6) is -0.905. The van der Waals surface area contributed by atoms with Gasteiger partial charge in [-0.15, -0.1) is 0 Å². The topological polar surface area (TPSA) is 71.9 Å². The van der Waals surface area contributed by atoms with E-state index >= 15 is 0 Å². The lowest BCUT2D eigenvalue weighted by atomic mass is 9.97. The van der Waals surface area contributed by atoms with Crippen LogP contribution >= 0.6 is 0 Å². The first-order valence-corrected chi connectivity index (χ1v) is 13.5. The normalized spacial score (nSPS) is 14.9. The van der Waals surface area contributed by atoms with Crippen molar-refractivity contribution in [3.8, 4) is 0 Å². The van der Waals surface area contributed by atoms with Crippen LogP contribution in [0.2, 0.25) is 0 Å². The fourth-order valence-electron chi connectivity index (χ4n) is 5.45. The first-order valence-electron chi connectivity index (χ1n) is 13.5. The molecule has 4 aromatic carbocycles. The molecule has 0 bridgehead atoms. The number of benzene rings is 4. The number of fused-ring (bicyclic) bond motifs is 2. The molecule has 40 heavy (non-hydrogen) atoms. The number of amides is 1. The molecule has 6 heteroatoms. The number of pyridine rings is 1. The highest BCUT2D eigenvalue weighted by molar-refractivity contribution is 6.07. The molecule has 0 fully saturated rings. The number of esters is 1. The average Bonchev–Trinajstić information content (AvgIpc) is 3.45. The highest BCUT2D eigenvalue weighted by Gasteiger charge is 2.34. The Kier molecular flexibility index (Phi) is 6.83. The minimum Gasteiger partial charge on any atom is -0.452 e. The summed E-state index contributed by atoms with van der Waals surface area (Å²) in [5, 5.41) is 9.22. The lowest BCUT2D eigenvalue weighted by Crippen LogP contribution is -2.31. The van der Waals surface area contributed by atoms with Crippen molar-refractivity contribution in [3.05, 3.63) is 125 Å². The summed E-state index contributed by atoms with van der Waals surface area (Å²) in [4.78, 5) is 31.6. The Balaban J connectivity index is 1.28. The van der Waals surface area contributed by atoms with Gasteiger partial charge in [-0.3, -0.25) is 9.78 Å². The lowest BCUT2D eigenvalue weighted by Gasteiger charge is -2.22. The summed E-state index contributed by atoms with van der Waals surface area (Å²) >= 11 is 0. The van der Waals surface area contributed by atoms with Crippen molar-refractivity contribution < 1.29 is 14.3 Å². The van der Waals surface area contributed by atoms with Gasteiger partial charge >= 0.3 is 5.97 Å². The molecule has 0 spiro atoms. The van der Waals surface area contributed by atoms with Crippen LogP contribution < -0.4 is 0 Å². The molecule has 6 rings (SSSR count). The van der Waals surface area contributed by atoms with E-state index < -0.39 is 12.6 Å². The van der Waals surface area contributed by atoms with Gasteiger partial charge < -0.3 is 4.74 Å². The molecular formula is C34H29N3O3. The van der Waals surface area contributed by atoms with Crippen LogP contribution in [0.1, 0.15) is 52.1 Å². The number of ether oxygens (including phenoxy) is 1. The minimum absolute atomic E-state index is 0.288. The average molecular weight is 528 g/mol. The maximum absolute atomic E-state index is 13.6. The summed E-state index contributed by atoms with van der Waals surface area (Å²) < 4.78 is 5.65. The van der Waals surface area contributed by atoms with Gasteiger partial charge in [0.2, 0.25) is 0 Å². The van der Waals surface area contributed by atoms with Gasteiger partial charge in [0.05, 0.1) is 22.8 Å². The fraction of sp³-hybridized carbons (Fsp3) is 0.176. The van der Waals surface area contributed by atoms with E-state index in [2.05, 4.69) is 24.3 Å². The Bertz CT molecular complexity index is 1780. The van der Waals surface area contributed by atoms with E-state index in [9.17, 15) is 9.59 Å². The number of aryl methyl sites for hydroxylation is 1. The molecule has 1 aromatic heterocycles. The van der Waals surface area contributed by atoms with Gasteiger partial charge in [-0.25, -0.2) is 9.80 Å². The summed E-state index contributed by atoms with van der Waals surface area (Å²) in [6, 6.07) is 31.4. The van der Waals surface area contributed by atoms with Crippen LogP contribution in [0.3, 0.4) is 0 Å². The van der Waals surface area contributed by atoms with E-state index in [1.54, 1.807) is 0 Å². The molecule has 2 heterocycles. The second kappa shape index (κ2) is 10.7. The third-order valence-corrected chi connectivity index (χ3v) is 7.54. The van der Waals surface area contributed by atoms with Gasteiger partial charge in [-0.05, 0) is 52.9 Å². The summed E-state index contributed by atoms with van der Waals surface area (Å²) in [7, 11) is 0. The van der Waals surface area contributed by atoms with Crippen molar-refractivity contribution in [1.82, 2.24) is 9.99 Å². The second-order valence-corrected chi connectivity index (χ2v) is 9.98. The molecule has 5 aromatic rings. The van der Waals surface area contributed by atoms with Crippen molar-refractivity contribution in [2.75, 3.05) is 6.61 Å². The van der Waals surface area contributed by atoms with Gasteiger partial charge in [-0.2, -0.15) is 5.10 Å². The summed E-state index contributed by atoms with van der Waals surface area (Å²) in [5.41, 5.74) is 5.57. The molecule has 1 aliphatic heterocycles. The van der Waals surface area contributed by atoms with Crippen LogP contribution in [-0.4, -0.2) is 34.2 Å². The highest BCUT2D eigenvalue weighted by Crippen LogP contribution is 2.33. The number of carbonyl (C=O) groups is 2. The molecule has 0 aliphatic carbocycles. The van der Waals surface area contributed by atoms with Crippen LogP contribution in [0, 0.1) is 6.92 Å². The Morgan fingerprint density at radius 3 is 2.42 bits per heavy atom. The third-order valence-electron chi connectivity index (χ3n) is 7.54. The van der Waals surface area contributed by atoms with Gasteiger partial charge in [0.25, 0.3) is 5.91 Å². The fourth-order valence-corrected chi connectivity index (χ4v) is 5.45. The largest absolute Gasteiger partial charge is 0.452 e. The zero-order valence-corrected chi connectivity index (χ0v) is 22.5. The molecule has 0 radical (unpaired) electrons. The summed E-state index contributed by atoms with van der Waals surface area (Å²) in [6.45, 7) is 3.47. The van der Waals surface area contributed by atoms with Gasteiger partial charge in [0.15, 0.2) is 6.61 Å². The number of aromatic nitrogens is 1. The Hall–Kier alpha value is -4.84. The SMILES string of the molecule is CCc1nc2ccccc2c(C(=O)OCC(=O)N2N=C(c3ccc4ccccc4c3)CC2c2ccccc2)c1C. The Labute approximate surface area is 232 Å². The molecule has 1 atom stereocenters. The first-order chi connectivity index (χ1) is 19.5. The molecule has 0 saturated carbocycles. The molecule has 198 valence electrons. The maximum Gasteiger partial charge on any atom is 0.339 e. The van der Waals surface area contributed by atoms with Crippen molar-refractivity contribution >= 4 is 39.3 Å². The molecule has 1 aliphatic rings. The Morgan fingerprint density at radius 2 is 1.62 bits per heavy atom. The van der Waals surface area contributed by atoms with E-state index in [0.717, 1.165) is 49.8 Å². The predicted molar refractivity (Wildman–Crippen MR) is 157 cm³/mol. The van der Waals surface area contributed by atoms with Crippen molar-refractivity contribution in [2.24, 2.45) is 5.10 Å². The molecule has 1 amide bonds.